The second kappa shape index (κ2) is 6.17. The van der Waals surface area contributed by atoms with Crippen LogP contribution >= 0.6 is 0 Å². The fourth-order valence-corrected chi connectivity index (χ4v) is 1.39. The number of benzene rings is 1. The maximum absolute atomic E-state index is 6.67. The van der Waals surface area contributed by atoms with E-state index in [1.54, 1.807) is 0 Å². The van der Waals surface area contributed by atoms with Gasteiger partial charge in [0.05, 0.1) is 0 Å². The normalized spacial score (nSPS) is 10.1. The third-order valence-corrected chi connectivity index (χ3v) is 2.11. The fraction of sp³-hybridized carbons (Fsp3) is 0.417. The van der Waals surface area contributed by atoms with Crippen LogP contribution in [0, 0.1) is 6.57 Å². The van der Waals surface area contributed by atoms with Crippen molar-refractivity contribution in [3.05, 3.63) is 47.3 Å². The van der Waals surface area contributed by atoms with Gasteiger partial charge in [0.2, 0.25) is 6.54 Å². The Morgan fingerprint density at radius 2 is 2.00 bits per heavy atom. The molecular formula is C12H16N2. The van der Waals surface area contributed by atoms with Crippen molar-refractivity contribution in [3.8, 4) is 0 Å². The molecule has 0 N–H and O–H groups in total. The number of rotatable bonds is 5. The highest BCUT2D eigenvalue weighted by Crippen LogP contribution is 2.02. The van der Waals surface area contributed by atoms with E-state index in [2.05, 4.69) is 41.1 Å². The van der Waals surface area contributed by atoms with E-state index < -0.39 is 0 Å². The van der Waals surface area contributed by atoms with Gasteiger partial charge in [-0.2, -0.15) is 0 Å². The summed E-state index contributed by atoms with van der Waals surface area (Å²) in [6.07, 6.45) is 0.965. The molecule has 2 heteroatoms. The number of hydrogen-bond donors (Lipinski definition) is 0. The Morgan fingerprint density at radius 3 is 2.64 bits per heavy atom. The molecule has 0 atom stereocenters. The highest BCUT2D eigenvalue weighted by molar-refractivity contribution is 5.14. The fourth-order valence-electron chi connectivity index (χ4n) is 1.39. The minimum Gasteiger partial charge on any atom is -0.317 e. The van der Waals surface area contributed by atoms with Crippen molar-refractivity contribution in [2.75, 3.05) is 20.1 Å². The standard InChI is InChI=1S/C12H16N2/c1-13-9-6-10-14(2)11-12-7-4-3-5-8-12/h3-5,7-8H,6,9-11H2,2H3. The van der Waals surface area contributed by atoms with Crippen LogP contribution in [0.25, 0.3) is 4.85 Å². The van der Waals surface area contributed by atoms with E-state index >= 15 is 0 Å². The van der Waals surface area contributed by atoms with Crippen molar-refractivity contribution < 1.29 is 0 Å². The van der Waals surface area contributed by atoms with Gasteiger partial charge < -0.3 is 9.74 Å². The molecule has 0 aliphatic heterocycles. The summed E-state index contributed by atoms with van der Waals surface area (Å²) in [5, 5.41) is 0. The number of nitrogens with zero attached hydrogens (tertiary/aromatic N) is 2. The van der Waals surface area contributed by atoms with Crippen molar-refractivity contribution in [2.24, 2.45) is 0 Å². The highest BCUT2D eigenvalue weighted by atomic mass is 15.1. The maximum Gasteiger partial charge on any atom is 0.215 e. The zero-order chi connectivity index (χ0) is 10.2. The molecule has 0 radical (unpaired) electrons. The Bertz CT molecular complexity index is 287. The summed E-state index contributed by atoms with van der Waals surface area (Å²) in [7, 11) is 2.09. The van der Waals surface area contributed by atoms with Crippen molar-refractivity contribution in [3.63, 3.8) is 0 Å². The molecule has 1 aromatic carbocycles. The van der Waals surface area contributed by atoms with Gasteiger partial charge in [-0.05, 0) is 12.6 Å². The summed E-state index contributed by atoms with van der Waals surface area (Å²) in [4.78, 5) is 5.59. The topological polar surface area (TPSA) is 7.60 Å². The molecule has 0 heterocycles. The SMILES string of the molecule is [C-]#[N+]CCCN(C)Cc1ccccc1. The molecule has 0 unspecified atom stereocenters. The molecule has 0 aromatic heterocycles. The lowest BCUT2D eigenvalue weighted by Gasteiger charge is -2.14. The van der Waals surface area contributed by atoms with Crippen LogP contribution in [0.2, 0.25) is 0 Å². The van der Waals surface area contributed by atoms with E-state index in [4.69, 9.17) is 6.57 Å². The summed E-state index contributed by atoms with van der Waals surface area (Å²) >= 11 is 0. The third-order valence-electron chi connectivity index (χ3n) is 2.11. The van der Waals surface area contributed by atoms with Gasteiger partial charge in [-0.3, -0.25) is 0 Å². The predicted molar refractivity (Wildman–Crippen MR) is 58.9 cm³/mol. The van der Waals surface area contributed by atoms with Gasteiger partial charge in [0.25, 0.3) is 0 Å². The zero-order valence-electron chi connectivity index (χ0n) is 8.61. The lowest BCUT2D eigenvalue weighted by atomic mass is 10.2. The first-order valence-corrected chi connectivity index (χ1v) is 4.88. The molecule has 0 aliphatic rings. The van der Waals surface area contributed by atoms with Crippen LogP contribution < -0.4 is 0 Å². The van der Waals surface area contributed by atoms with Crippen molar-refractivity contribution in [1.82, 2.24) is 4.90 Å². The highest BCUT2D eigenvalue weighted by Gasteiger charge is 1.99. The molecule has 14 heavy (non-hydrogen) atoms. The molecule has 0 spiro atoms. The van der Waals surface area contributed by atoms with Gasteiger partial charge in [0, 0.05) is 19.5 Å². The van der Waals surface area contributed by atoms with Gasteiger partial charge in [-0.25, -0.2) is 6.57 Å². The first-order chi connectivity index (χ1) is 6.83. The van der Waals surface area contributed by atoms with Crippen LogP contribution in [0.5, 0.6) is 0 Å². The third kappa shape index (κ3) is 4.06. The molecule has 0 aliphatic carbocycles. The molecule has 0 bridgehead atoms. The van der Waals surface area contributed by atoms with E-state index in [9.17, 15) is 0 Å². The van der Waals surface area contributed by atoms with Crippen molar-refractivity contribution in [1.29, 1.82) is 0 Å². The predicted octanol–water partition coefficient (Wildman–Crippen LogP) is 2.43. The Balaban J connectivity index is 2.28. The van der Waals surface area contributed by atoms with Gasteiger partial charge in [0.15, 0.2) is 0 Å². The van der Waals surface area contributed by atoms with Crippen LogP contribution in [-0.4, -0.2) is 25.0 Å². The molecule has 74 valence electrons. The summed E-state index contributed by atoms with van der Waals surface area (Å²) in [6, 6.07) is 10.4. The van der Waals surface area contributed by atoms with Gasteiger partial charge in [0.1, 0.15) is 0 Å². The van der Waals surface area contributed by atoms with Crippen LogP contribution in [-0.2, 0) is 6.54 Å². The van der Waals surface area contributed by atoms with Crippen molar-refractivity contribution >= 4 is 0 Å². The minimum absolute atomic E-state index is 0.638. The summed E-state index contributed by atoms with van der Waals surface area (Å²) in [6.45, 7) is 9.28. The van der Waals surface area contributed by atoms with Gasteiger partial charge in [-0.15, -0.1) is 0 Å². The van der Waals surface area contributed by atoms with Crippen molar-refractivity contribution in [2.45, 2.75) is 13.0 Å². The molecule has 0 saturated carbocycles. The molecule has 1 aromatic rings. The molecular weight excluding hydrogens is 172 g/mol. The summed E-state index contributed by atoms with van der Waals surface area (Å²) in [5.41, 5.74) is 1.33. The summed E-state index contributed by atoms with van der Waals surface area (Å²) in [5.74, 6) is 0. The average Bonchev–Trinajstić information content (AvgIpc) is 2.20. The second-order valence-corrected chi connectivity index (χ2v) is 3.46. The molecule has 0 saturated heterocycles. The van der Waals surface area contributed by atoms with E-state index in [-0.39, 0.29) is 0 Å². The Labute approximate surface area is 86.0 Å². The van der Waals surface area contributed by atoms with E-state index in [1.165, 1.54) is 5.56 Å². The van der Waals surface area contributed by atoms with Crippen LogP contribution in [0.3, 0.4) is 0 Å². The lowest BCUT2D eigenvalue weighted by molar-refractivity contribution is 0.326. The van der Waals surface area contributed by atoms with Crippen LogP contribution in [0.15, 0.2) is 30.3 Å². The minimum atomic E-state index is 0.638. The smallest absolute Gasteiger partial charge is 0.215 e. The first kappa shape index (κ1) is 10.7. The van der Waals surface area contributed by atoms with Crippen LogP contribution in [0.1, 0.15) is 12.0 Å². The maximum atomic E-state index is 6.67. The molecule has 1 rings (SSSR count). The van der Waals surface area contributed by atoms with Gasteiger partial charge >= 0.3 is 0 Å². The Kier molecular flexibility index (Phi) is 4.74. The monoisotopic (exact) mass is 188 g/mol. The second-order valence-electron chi connectivity index (χ2n) is 3.46. The van der Waals surface area contributed by atoms with E-state index in [0.717, 1.165) is 19.5 Å². The molecule has 0 fully saturated rings. The van der Waals surface area contributed by atoms with Gasteiger partial charge in [-0.1, -0.05) is 30.3 Å². The quantitative estimate of drug-likeness (QED) is 0.508. The zero-order valence-corrected chi connectivity index (χ0v) is 8.61. The molecule has 2 nitrogen and oxygen atoms in total. The molecule has 0 amide bonds. The summed E-state index contributed by atoms with van der Waals surface area (Å²) < 4.78 is 0. The lowest BCUT2D eigenvalue weighted by Crippen LogP contribution is -2.19. The van der Waals surface area contributed by atoms with E-state index in [1.807, 2.05) is 6.07 Å². The van der Waals surface area contributed by atoms with Crippen LogP contribution in [0.4, 0.5) is 0 Å². The Hall–Kier alpha value is -1.33. The number of hydrogen-bond acceptors (Lipinski definition) is 1. The Morgan fingerprint density at radius 1 is 1.29 bits per heavy atom. The first-order valence-electron chi connectivity index (χ1n) is 4.88. The largest absolute Gasteiger partial charge is 0.317 e. The van der Waals surface area contributed by atoms with E-state index in [0.29, 0.717) is 6.54 Å². The average molecular weight is 188 g/mol.